The Balaban J connectivity index is 2.47. The van der Waals surface area contributed by atoms with Crippen molar-refractivity contribution in [2.45, 2.75) is 43.9 Å². The third-order valence-corrected chi connectivity index (χ3v) is 4.19. The van der Waals surface area contributed by atoms with E-state index in [0.717, 1.165) is 6.42 Å². The summed E-state index contributed by atoms with van der Waals surface area (Å²) >= 11 is 2.01. The van der Waals surface area contributed by atoms with E-state index >= 15 is 0 Å². The highest BCUT2D eigenvalue weighted by Gasteiger charge is 2.34. The third kappa shape index (κ3) is 2.18. The highest BCUT2D eigenvalue weighted by atomic mass is 32.2. The Labute approximate surface area is 79.5 Å². The van der Waals surface area contributed by atoms with Gasteiger partial charge in [-0.3, -0.25) is 0 Å². The predicted molar refractivity (Wildman–Crippen MR) is 56.1 cm³/mol. The average molecular weight is 183 g/mol. The lowest BCUT2D eigenvalue weighted by Crippen LogP contribution is -2.40. The Morgan fingerprint density at radius 2 is 2.42 bits per heavy atom. The van der Waals surface area contributed by atoms with Crippen LogP contribution in [0.15, 0.2) is 0 Å². The van der Waals surface area contributed by atoms with Crippen LogP contribution in [0.4, 0.5) is 0 Å². The maximum Gasteiger partial charge on any atom is 0.0296 e. The zero-order chi connectivity index (χ0) is 9.03. The number of hydrogen-bond donors (Lipinski definition) is 1. The van der Waals surface area contributed by atoms with Crippen molar-refractivity contribution in [2.24, 2.45) is 5.73 Å². The monoisotopic (exact) mass is 183 g/mol. The average Bonchev–Trinajstić information content (AvgIpc) is 2.49. The first-order valence-corrected chi connectivity index (χ1v) is 5.47. The first kappa shape index (κ1) is 9.95. The molecule has 1 rings (SSSR count). The maximum atomic E-state index is 6.08. The van der Waals surface area contributed by atoms with Crippen LogP contribution in [0.2, 0.25) is 0 Å². The molecule has 0 saturated carbocycles. The van der Waals surface area contributed by atoms with Crippen LogP contribution in [0, 0.1) is 11.8 Å². The van der Waals surface area contributed by atoms with Gasteiger partial charge in [0.15, 0.2) is 0 Å². The maximum absolute atomic E-state index is 6.08. The first-order chi connectivity index (χ1) is 5.69. The minimum Gasteiger partial charge on any atom is -0.326 e. The molecule has 0 aromatic heterocycles. The van der Waals surface area contributed by atoms with Crippen molar-refractivity contribution in [2.75, 3.05) is 5.75 Å². The minimum absolute atomic E-state index is 0.248. The molecule has 0 amide bonds. The van der Waals surface area contributed by atoms with Crippen molar-refractivity contribution in [3.63, 3.8) is 0 Å². The molecule has 0 aromatic rings. The van der Waals surface area contributed by atoms with Gasteiger partial charge in [0.1, 0.15) is 0 Å². The summed E-state index contributed by atoms with van der Waals surface area (Å²) in [6.07, 6.45) is 3.42. The van der Waals surface area contributed by atoms with E-state index in [-0.39, 0.29) is 6.04 Å². The largest absolute Gasteiger partial charge is 0.326 e. The summed E-state index contributed by atoms with van der Waals surface area (Å²) < 4.78 is 0.295. The second kappa shape index (κ2) is 4.20. The smallest absolute Gasteiger partial charge is 0.0296 e. The Morgan fingerprint density at radius 1 is 1.67 bits per heavy atom. The topological polar surface area (TPSA) is 26.0 Å². The van der Waals surface area contributed by atoms with E-state index in [0.29, 0.717) is 4.75 Å². The summed E-state index contributed by atoms with van der Waals surface area (Å²) in [5, 5.41) is 0. The summed E-state index contributed by atoms with van der Waals surface area (Å²) in [7, 11) is 0. The Bertz CT molecular complexity index is 196. The zero-order valence-electron chi connectivity index (χ0n) is 7.89. The fourth-order valence-corrected chi connectivity index (χ4v) is 2.86. The summed E-state index contributed by atoms with van der Waals surface area (Å²) in [4.78, 5) is 0. The standard InChI is InChI=1S/C10H17NS/c1-3-4-6-9(11)10(2)7-5-8-12-10/h9H,5-8,11H2,1-2H3. The summed E-state index contributed by atoms with van der Waals surface area (Å²) in [6.45, 7) is 4.14. The molecule has 12 heavy (non-hydrogen) atoms. The molecule has 2 unspecified atom stereocenters. The molecule has 0 radical (unpaired) electrons. The van der Waals surface area contributed by atoms with Gasteiger partial charge in [0.25, 0.3) is 0 Å². The molecule has 68 valence electrons. The number of hydrogen-bond acceptors (Lipinski definition) is 2. The molecule has 1 fully saturated rings. The molecule has 2 N–H and O–H groups in total. The molecule has 1 saturated heterocycles. The van der Waals surface area contributed by atoms with Crippen molar-refractivity contribution in [1.29, 1.82) is 0 Å². The second-order valence-electron chi connectivity index (χ2n) is 3.50. The van der Waals surface area contributed by atoms with E-state index in [2.05, 4.69) is 18.8 Å². The highest BCUT2D eigenvalue weighted by Crippen LogP contribution is 2.40. The molecule has 1 nitrogen and oxygen atoms in total. The fourth-order valence-electron chi connectivity index (χ4n) is 1.52. The van der Waals surface area contributed by atoms with Crippen molar-refractivity contribution >= 4 is 11.8 Å². The minimum atomic E-state index is 0.248. The molecule has 0 aliphatic carbocycles. The van der Waals surface area contributed by atoms with Gasteiger partial charge in [0.05, 0.1) is 0 Å². The van der Waals surface area contributed by atoms with Crippen molar-refractivity contribution in [1.82, 2.24) is 0 Å². The van der Waals surface area contributed by atoms with Crippen LogP contribution >= 0.6 is 11.8 Å². The second-order valence-corrected chi connectivity index (χ2v) is 5.13. The van der Waals surface area contributed by atoms with E-state index < -0.39 is 0 Å². The summed E-state index contributed by atoms with van der Waals surface area (Å²) in [5.41, 5.74) is 6.08. The van der Waals surface area contributed by atoms with Gasteiger partial charge in [-0.1, -0.05) is 0 Å². The van der Waals surface area contributed by atoms with Crippen molar-refractivity contribution < 1.29 is 0 Å². The van der Waals surface area contributed by atoms with Crippen molar-refractivity contribution in [3.8, 4) is 11.8 Å². The van der Waals surface area contributed by atoms with Gasteiger partial charge in [0, 0.05) is 17.2 Å². The van der Waals surface area contributed by atoms with Gasteiger partial charge >= 0.3 is 0 Å². The van der Waals surface area contributed by atoms with Gasteiger partial charge in [-0.25, -0.2) is 0 Å². The number of rotatable bonds is 2. The van der Waals surface area contributed by atoms with Gasteiger partial charge < -0.3 is 5.73 Å². The SMILES string of the molecule is CC#CCC(N)C1(C)CCCS1. The van der Waals surface area contributed by atoms with Gasteiger partial charge in [0.2, 0.25) is 0 Å². The highest BCUT2D eigenvalue weighted by molar-refractivity contribution is 8.00. The third-order valence-electron chi connectivity index (χ3n) is 2.53. The lowest BCUT2D eigenvalue weighted by atomic mass is 9.95. The Hall–Kier alpha value is -0.130. The molecule has 2 atom stereocenters. The molecular formula is C10H17NS. The van der Waals surface area contributed by atoms with Gasteiger partial charge in [-0.05, 0) is 32.4 Å². The van der Waals surface area contributed by atoms with Gasteiger partial charge in [-0.15, -0.1) is 11.8 Å². The molecule has 2 heteroatoms. The lowest BCUT2D eigenvalue weighted by Gasteiger charge is -2.28. The quantitative estimate of drug-likeness (QED) is 0.663. The molecule has 0 bridgehead atoms. The Morgan fingerprint density at radius 3 is 2.92 bits per heavy atom. The first-order valence-electron chi connectivity index (χ1n) is 4.48. The van der Waals surface area contributed by atoms with Crippen LogP contribution < -0.4 is 5.73 Å². The Kier molecular flexibility index (Phi) is 3.49. The summed E-state index contributed by atoms with van der Waals surface area (Å²) in [5.74, 6) is 7.23. The van der Waals surface area contributed by atoms with Crippen LogP contribution in [0.5, 0.6) is 0 Å². The predicted octanol–water partition coefficient (Wildman–Crippen LogP) is 2.01. The van der Waals surface area contributed by atoms with E-state index in [1.165, 1.54) is 18.6 Å². The molecule has 0 aromatic carbocycles. The fraction of sp³-hybridized carbons (Fsp3) is 0.800. The van der Waals surface area contributed by atoms with Crippen molar-refractivity contribution in [3.05, 3.63) is 0 Å². The molecule has 1 aliphatic heterocycles. The normalized spacial score (nSPS) is 30.9. The summed E-state index contributed by atoms with van der Waals surface area (Å²) in [6, 6.07) is 0.248. The van der Waals surface area contributed by atoms with Crippen LogP contribution in [0.1, 0.15) is 33.1 Å². The van der Waals surface area contributed by atoms with Gasteiger partial charge in [-0.2, -0.15) is 11.8 Å². The lowest BCUT2D eigenvalue weighted by molar-refractivity contribution is 0.492. The molecule has 1 heterocycles. The van der Waals surface area contributed by atoms with Crippen LogP contribution in [0.3, 0.4) is 0 Å². The molecule has 0 spiro atoms. The number of thioether (sulfide) groups is 1. The molecule has 1 aliphatic rings. The number of nitrogens with two attached hydrogens (primary N) is 1. The van der Waals surface area contributed by atoms with E-state index in [4.69, 9.17) is 5.73 Å². The molecular weight excluding hydrogens is 166 g/mol. The van der Waals surface area contributed by atoms with E-state index in [1.54, 1.807) is 0 Å². The van der Waals surface area contributed by atoms with E-state index in [1.807, 2.05) is 18.7 Å². The van der Waals surface area contributed by atoms with Crippen LogP contribution in [-0.4, -0.2) is 16.5 Å². The van der Waals surface area contributed by atoms with E-state index in [9.17, 15) is 0 Å². The van der Waals surface area contributed by atoms with Crippen LogP contribution in [0.25, 0.3) is 0 Å². The van der Waals surface area contributed by atoms with Crippen LogP contribution in [-0.2, 0) is 0 Å². The zero-order valence-corrected chi connectivity index (χ0v) is 8.71.